The third-order valence-corrected chi connectivity index (χ3v) is 7.53. The minimum atomic E-state index is -2.15. The van der Waals surface area contributed by atoms with Gasteiger partial charge in [-0.15, -0.1) is 0 Å². The standard InChI is InChI=1S/C15H25NO2Si/c1-5-17-19(4,18-6-2)15-13(3)12-16(15)14-10-8-7-9-11-14/h7-11,13,15H,5-6,12H2,1-4H3. The Hall–Kier alpha value is -0.843. The molecule has 1 heterocycles. The maximum atomic E-state index is 6.07. The zero-order valence-corrected chi connectivity index (χ0v) is 13.4. The molecule has 19 heavy (non-hydrogen) atoms. The second-order valence-electron chi connectivity index (χ2n) is 5.29. The molecule has 0 bridgehead atoms. The average molecular weight is 279 g/mol. The van der Waals surface area contributed by atoms with E-state index in [2.05, 4.69) is 62.5 Å². The average Bonchev–Trinajstić information content (AvgIpc) is 2.37. The SMILES string of the molecule is CCO[Si](C)(OCC)C1C(C)CN1c1ccccc1. The van der Waals surface area contributed by atoms with Gasteiger partial charge in [0, 0.05) is 25.4 Å². The van der Waals surface area contributed by atoms with Crippen molar-refractivity contribution in [3.8, 4) is 0 Å². The number of nitrogens with zero attached hydrogens (tertiary/aromatic N) is 1. The summed E-state index contributed by atoms with van der Waals surface area (Å²) in [5.74, 6) is 0.634. The minimum Gasteiger partial charge on any atom is -0.393 e. The van der Waals surface area contributed by atoms with Crippen molar-refractivity contribution in [2.45, 2.75) is 33.0 Å². The largest absolute Gasteiger partial charge is 0.393 e. The summed E-state index contributed by atoms with van der Waals surface area (Å²) in [5, 5.41) is 0. The van der Waals surface area contributed by atoms with Gasteiger partial charge in [-0.05, 0) is 38.4 Å². The number of para-hydroxylation sites is 1. The first kappa shape index (κ1) is 14.6. The number of hydrogen-bond donors (Lipinski definition) is 0. The predicted octanol–water partition coefficient (Wildman–Crippen LogP) is 3.20. The summed E-state index contributed by atoms with van der Waals surface area (Å²) in [6.45, 7) is 11.2. The Balaban J connectivity index is 2.20. The quantitative estimate of drug-likeness (QED) is 0.747. The van der Waals surface area contributed by atoms with E-state index in [1.807, 2.05) is 0 Å². The highest BCUT2D eigenvalue weighted by molar-refractivity contribution is 6.68. The van der Waals surface area contributed by atoms with Crippen LogP contribution in [0.5, 0.6) is 0 Å². The molecule has 0 spiro atoms. The minimum absolute atomic E-state index is 0.412. The van der Waals surface area contributed by atoms with Crippen molar-refractivity contribution < 1.29 is 8.85 Å². The van der Waals surface area contributed by atoms with Crippen molar-refractivity contribution in [3.63, 3.8) is 0 Å². The van der Waals surface area contributed by atoms with Crippen molar-refractivity contribution >= 4 is 14.2 Å². The van der Waals surface area contributed by atoms with Crippen LogP contribution in [0, 0.1) is 5.92 Å². The van der Waals surface area contributed by atoms with Crippen molar-refractivity contribution in [2.24, 2.45) is 5.92 Å². The summed E-state index contributed by atoms with van der Waals surface area (Å²) < 4.78 is 12.1. The van der Waals surface area contributed by atoms with E-state index in [0.29, 0.717) is 11.6 Å². The summed E-state index contributed by atoms with van der Waals surface area (Å²) in [6.07, 6.45) is 0. The molecule has 1 fully saturated rings. The van der Waals surface area contributed by atoms with Gasteiger partial charge in [0.15, 0.2) is 0 Å². The van der Waals surface area contributed by atoms with E-state index in [9.17, 15) is 0 Å². The molecule has 2 unspecified atom stereocenters. The molecule has 0 aliphatic carbocycles. The molecular weight excluding hydrogens is 254 g/mol. The molecule has 1 saturated heterocycles. The Labute approximate surface area is 117 Å². The molecule has 1 aromatic carbocycles. The van der Waals surface area contributed by atoms with E-state index in [4.69, 9.17) is 8.85 Å². The van der Waals surface area contributed by atoms with E-state index in [-0.39, 0.29) is 0 Å². The highest BCUT2D eigenvalue weighted by Crippen LogP contribution is 2.37. The van der Waals surface area contributed by atoms with Crippen molar-refractivity contribution in [1.82, 2.24) is 0 Å². The zero-order valence-electron chi connectivity index (χ0n) is 12.4. The molecule has 0 saturated carbocycles. The highest BCUT2D eigenvalue weighted by atomic mass is 28.4. The third-order valence-electron chi connectivity index (χ3n) is 3.85. The maximum Gasteiger partial charge on any atom is 0.358 e. The third kappa shape index (κ3) is 2.85. The number of rotatable bonds is 6. The van der Waals surface area contributed by atoms with Gasteiger partial charge in [0.05, 0.1) is 5.67 Å². The lowest BCUT2D eigenvalue weighted by Gasteiger charge is -2.53. The number of hydrogen-bond acceptors (Lipinski definition) is 3. The normalized spacial score (nSPS) is 23.3. The second kappa shape index (κ2) is 6.07. The summed E-state index contributed by atoms with van der Waals surface area (Å²) in [5.41, 5.74) is 1.69. The fourth-order valence-corrected chi connectivity index (χ4v) is 6.69. The molecular formula is C15H25NO2Si. The molecule has 0 amide bonds. The fourth-order valence-electron chi connectivity index (χ4n) is 3.16. The van der Waals surface area contributed by atoms with Crippen LogP contribution in [0.4, 0.5) is 5.69 Å². The van der Waals surface area contributed by atoms with Gasteiger partial charge in [-0.1, -0.05) is 25.1 Å². The van der Waals surface area contributed by atoms with Crippen LogP contribution in [0.3, 0.4) is 0 Å². The van der Waals surface area contributed by atoms with Gasteiger partial charge in [0.2, 0.25) is 0 Å². The van der Waals surface area contributed by atoms with E-state index in [1.165, 1.54) is 5.69 Å². The van der Waals surface area contributed by atoms with E-state index in [1.54, 1.807) is 0 Å². The molecule has 1 aliphatic rings. The molecule has 1 aromatic rings. The van der Waals surface area contributed by atoms with E-state index >= 15 is 0 Å². The van der Waals surface area contributed by atoms with Crippen molar-refractivity contribution in [1.29, 1.82) is 0 Å². The van der Waals surface area contributed by atoms with Crippen LogP contribution in [-0.4, -0.2) is 34.0 Å². The molecule has 4 heteroatoms. The lowest BCUT2D eigenvalue weighted by Crippen LogP contribution is -2.70. The highest BCUT2D eigenvalue weighted by Gasteiger charge is 2.53. The lowest BCUT2D eigenvalue weighted by atomic mass is 10.0. The van der Waals surface area contributed by atoms with Crippen LogP contribution in [0.2, 0.25) is 6.55 Å². The molecule has 0 N–H and O–H groups in total. The molecule has 0 radical (unpaired) electrons. The smallest absolute Gasteiger partial charge is 0.358 e. The van der Waals surface area contributed by atoms with Crippen LogP contribution in [0.1, 0.15) is 20.8 Å². The van der Waals surface area contributed by atoms with Gasteiger partial charge in [0.25, 0.3) is 0 Å². The van der Waals surface area contributed by atoms with Crippen LogP contribution in [0.25, 0.3) is 0 Å². The van der Waals surface area contributed by atoms with Crippen LogP contribution < -0.4 is 4.90 Å². The van der Waals surface area contributed by atoms with Gasteiger partial charge in [-0.25, -0.2) is 0 Å². The van der Waals surface area contributed by atoms with Crippen molar-refractivity contribution in [3.05, 3.63) is 30.3 Å². The maximum absolute atomic E-state index is 6.07. The van der Waals surface area contributed by atoms with Crippen LogP contribution >= 0.6 is 0 Å². The summed E-state index contributed by atoms with van der Waals surface area (Å²) in [4.78, 5) is 2.45. The number of benzene rings is 1. The predicted molar refractivity (Wildman–Crippen MR) is 81.6 cm³/mol. The fraction of sp³-hybridized carbons (Fsp3) is 0.600. The number of anilines is 1. The lowest BCUT2D eigenvalue weighted by molar-refractivity contribution is 0.156. The zero-order chi connectivity index (χ0) is 13.9. The topological polar surface area (TPSA) is 21.7 Å². The first-order valence-electron chi connectivity index (χ1n) is 7.22. The van der Waals surface area contributed by atoms with Gasteiger partial charge in [0.1, 0.15) is 0 Å². The Bertz CT molecular complexity index is 392. The van der Waals surface area contributed by atoms with Gasteiger partial charge < -0.3 is 13.8 Å². The van der Waals surface area contributed by atoms with Crippen LogP contribution in [-0.2, 0) is 8.85 Å². The summed E-state index contributed by atoms with van der Waals surface area (Å²) in [7, 11) is -2.15. The molecule has 0 aromatic heterocycles. The second-order valence-corrected chi connectivity index (χ2v) is 8.49. The van der Waals surface area contributed by atoms with Crippen molar-refractivity contribution in [2.75, 3.05) is 24.7 Å². The molecule has 1 aliphatic heterocycles. The van der Waals surface area contributed by atoms with E-state index in [0.717, 1.165) is 19.8 Å². The monoisotopic (exact) mass is 279 g/mol. The molecule has 3 nitrogen and oxygen atoms in total. The van der Waals surface area contributed by atoms with E-state index < -0.39 is 8.56 Å². The van der Waals surface area contributed by atoms with Gasteiger partial charge in [-0.2, -0.15) is 0 Å². The Morgan fingerprint density at radius 2 is 1.74 bits per heavy atom. The Kier molecular flexibility index (Phi) is 4.65. The molecule has 2 rings (SSSR count). The van der Waals surface area contributed by atoms with Gasteiger partial charge in [-0.3, -0.25) is 0 Å². The molecule has 106 valence electrons. The Morgan fingerprint density at radius 3 is 2.21 bits per heavy atom. The van der Waals surface area contributed by atoms with Crippen LogP contribution in [0.15, 0.2) is 30.3 Å². The van der Waals surface area contributed by atoms with Gasteiger partial charge >= 0.3 is 8.56 Å². The summed E-state index contributed by atoms with van der Waals surface area (Å²) in [6, 6.07) is 10.6. The first-order chi connectivity index (χ1) is 9.12. The Morgan fingerprint density at radius 1 is 1.16 bits per heavy atom. The first-order valence-corrected chi connectivity index (χ1v) is 9.61. The summed E-state index contributed by atoms with van der Waals surface area (Å²) >= 11 is 0. The molecule has 2 atom stereocenters.